The van der Waals surface area contributed by atoms with Crippen molar-refractivity contribution in [1.82, 2.24) is 14.9 Å². The molecule has 3 atom stereocenters. The second-order valence-electron chi connectivity index (χ2n) is 15.7. The van der Waals surface area contributed by atoms with Crippen LogP contribution in [0.1, 0.15) is 68.6 Å². The van der Waals surface area contributed by atoms with Gasteiger partial charge in [-0.05, 0) is 77.3 Å². The van der Waals surface area contributed by atoms with Gasteiger partial charge in [-0.2, -0.15) is 4.31 Å². The predicted octanol–water partition coefficient (Wildman–Crippen LogP) is 7.05. The van der Waals surface area contributed by atoms with Crippen LogP contribution in [0.4, 0.5) is 15.3 Å². The summed E-state index contributed by atoms with van der Waals surface area (Å²) >= 11 is 0. The van der Waals surface area contributed by atoms with Gasteiger partial charge in [0, 0.05) is 37.5 Å². The van der Waals surface area contributed by atoms with E-state index in [0.717, 1.165) is 27.8 Å². The first-order valence-corrected chi connectivity index (χ1v) is 22.1. The number of fused-ring (bicyclic) bond motifs is 3. The first-order valence-electron chi connectivity index (χ1n) is 20.7. The fourth-order valence-corrected chi connectivity index (χ4v) is 9.25. The van der Waals surface area contributed by atoms with Gasteiger partial charge in [-0.15, -0.1) is 0 Å². The second-order valence-corrected chi connectivity index (χ2v) is 17.6. The molecule has 320 valence electrons. The number of carbonyl (C=O) groups excluding carboxylic acids is 3. The number of nitrogens with one attached hydrogen (secondary N) is 2. The van der Waals surface area contributed by atoms with E-state index in [9.17, 15) is 22.8 Å². The van der Waals surface area contributed by atoms with Crippen LogP contribution in [0.2, 0.25) is 0 Å². The Bertz CT molecular complexity index is 2100. The summed E-state index contributed by atoms with van der Waals surface area (Å²) in [7, 11) is -4.09. The van der Waals surface area contributed by atoms with E-state index in [-0.39, 0.29) is 55.9 Å². The molecule has 60 heavy (non-hydrogen) atoms. The SMILES string of the molecule is CC(C)CN(C[C@@H](OC(=O)CCCCCNC(=O)OCC1c2ccccc2-c2ccccc21)[C@H](Cc1ccccc1)NC(=O)O[C@H]1CCOC1)S(=O)(=O)c1ccc(N)cc1. The Labute approximate surface area is 353 Å². The maximum atomic E-state index is 14.1. The number of esters is 1. The van der Waals surface area contributed by atoms with E-state index >= 15 is 0 Å². The van der Waals surface area contributed by atoms with Crippen LogP contribution in [-0.2, 0) is 40.2 Å². The lowest BCUT2D eigenvalue weighted by atomic mass is 9.98. The summed E-state index contributed by atoms with van der Waals surface area (Å²) in [5.41, 5.74) is 11.7. The van der Waals surface area contributed by atoms with Gasteiger partial charge >= 0.3 is 18.2 Å². The summed E-state index contributed by atoms with van der Waals surface area (Å²) in [4.78, 5) is 39.7. The molecule has 0 spiro atoms. The van der Waals surface area contributed by atoms with Crippen molar-refractivity contribution >= 4 is 33.9 Å². The number of rotatable bonds is 20. The van der Waals surface area contributed by atoms with E-state index in [4.69, 9.17) is 24.7 Å². The molecule has 1 saturated heterocycles. The zero-order chi connectivity index (χ0) is 42.5. The Kier molecular flexibility index (Phi) is 15.6. The first-order chi connectivity index (χ1) is 29.0. The largest absolute Gasteiger partial charge is 0.459 e. The average molecular weight is 841 g/mol. The van der Waals surface area contributed by atoms with Gasteiger partial charge in [-0.1, -0.05) is 99.1 Å². The van der Waals surface area contributed by atoms with Crippen molar-refractivity contribution < 1.29 is 41.7 Å². The van der Waals surface area contributed by atoms with Crippen LogP contribution in [0, 0.1) is 5.92 Å². The molecule has 1 heterocycles. The van der Waals surface area contributed by atoms with Crippen LogP contribution in [0.3, 0.4) is 0 Å². The molecule has 1 aliphatic heterocycles. The quantitative estimate of drug-likeness (QED) is 0.0362. The van der Waals surface area contributed by atoms with Crippen molar-refractivity contribution in [2.75, 3.05) is 45.2 Å². The molecule has 0 aromatic heterocycles. The fraction of sp³-hybridized carbons (Fsp3) is 0.413. The molecule has 0 unspecified atom stereocenters. The third-order valence-electron chi connectivity index (χ3n) is 10.6. The monoisotopic (exact) mass is 840 g/mol. The van der Waals surface area contributed by atoms with Crippen molar-refractivity contribution in [2.24, 2.45) is 5.92 Å². The molecule has 0 saturated carbocycles. The molecule has 4 aromatic carbocycles. The van der Waals surface area contributed by atoms with E-state index in [1.54, 1.807) is 0 Å². The van der Waals surface area contributed by atoms with E-state index in [1.165, 1.54) is 28.6 Å². The summed E-state index contributed by atoms with van der Waals surface area (Å²) in [6.07, 6.45) is -0.257. The van der Waals surface area contributed by atoms with Gasteiger partial charge in [-0.3, -0.25) is 4.79 Å². The van der Waals surface area contributed by atoms with Crippen molar-refractivity contribution in [2.45, 2.75) is 81.4 Å². The highest BCUT2D eigenvalue weighted by atomic mass is 32.2. The minimum absolute atomic E-state index is 0.0386. The molecule has 4 aromatic rings. The number of alkyl carbamates (subject to hydrolysis) is 2. The van der Waals surface area contributed by atoms with Crippen LogP contribution in [0.25, 0.3) is 11.1 Å². The molecular formula is C46H56N4O9S. The van der Waals surface area contributed by atoms with Gasteiger partial charge in [0.2, 0.25) is 10.0 Å². The molecule has 4 N–H and O–H groups in total. The maximum absolute atomic E-state index is 14.1. The summed E-state index contributed by atoms with van der Waals surface area (Å²) in [6, 6.07) is 30.8. The highest BCUT2D eigenvalue weighted by molar-refractivity contribution is 7.89. The van der Waals surface area contributed by atoms with Crippen molar-refractivity contribution in [1.29, 1.82) is 0 Å². The molecule has 1 aliphatic carbocycles. The van der Waals surface area contributed by atoms with Gasteiger partial charge in [0.15, 0.2) is 0 Å². The third-order valence-corrected chi connectivity index (χ3v) is 12.5. The fourth-order valence-electron chi connectivity index (χ4n) is 7.64. The van der Waals surface area contributed by atoms with Gasteiger partial charge in [-0.25, -0.2) is 18.0 Å². The van der Waals surface area contributed by atoms with Crippen LogP contribution in [-0.4, -0.2) is 88.6 Å². The number of hydrogen-bond donors (Lipinski definition) is 3. The number of nitrogens with two attached hydrogens (primary N) is 1. The zero-order valence-corrected chi connectivity index (χ0v) is 35.1. The molecule has 14 heteroatoms. The van der Waals surface area contributed by atoms with E-state index in [2.05, 4.69) is 34.9 Å². The smallest absolute Gasteiger partial charge is 0.407 e. The number of nitrogen functional groups attached to an aromatic ring is 1. The Morgan fingerprint density at radius 2 is 1.50 bits per heavy atom. The van der Waals surface area contributed by atoms with Crippen LogP contribution in [0.5, 0.6) is 0 Å². The Morgan fingerprint density at radius 1 is 0.833 bits per heavy atom. The van der Waals surface area contributed by atoms with E-state index in [1.807, 2.05) is 68.4 Å². The molecule has 0 radical (unpaired) electrons. The van der Waals surface area contributed by atoms with Crippen molar-refractivity contribution in [3.63, 3.8) is 0 Å². The predicted molar refractivity (Wildman–Crippen MR) is 229 cm³/mol. The molecule has 2 aliphatic rings. The van der Waals surface area contributed by atoms with Crippen LogP contribution >= 0.6 is 0 Å². The van der Waals surface area contributed by atoms with Crippen LogP contribution < -0.4 is 16.4 Å². The average Bonchev–Trinajstić information content (AvgIpc) is 3.86. The molecule has 13 nitrogen and oxygen atoms in total. The molecule has 0 bridgehead atoms. The lowest BCUT2D eigenvalue weighted by Crippen LogP contribution is -2.53. The summed E-state index contributed by atoms with van der Waals surface area (Å²) in [5, 5.41) is 5.72. The number of benzene rings is 4. The minimum Gasteiger partial charge on any atom is -0.459 e. The Morgan fingerprint density at radius 3 is 2.15 bits per heavy atom. The standard InChI is InChI=1S/C46H56N4O9S/c1-32(2)28-50(60(54,55)36-22-20-34(47)21-23-36)29-43(42(27-33-13-5-3-6-14-33)49-46(53)58-35-24-26-56-30-35)59-44(51)19-7-4-12-25-48-45(52)57-31-41-39-17-10-8-15-37(39)38-16-9-11-18-40(38)41/h3,5-6,8-11,13-18,20-23,32,35,41-43H,4,7,12,19,24-31,47H2,1-2H3,(H,48,52)(H,49,53)/t35-,42-,43+/m0/s1. The molecule has 1 fully saturated rings. The molecular weight excluding hydrogens is 785 g/mol. The lowest BCUT2D eigenvalue weighted by molar-refractivity contribution is -0.151. The molecule has 6 rings (SSSR count). The van der Waals surface area contributed by atoms with Gasteiger partial charge in [0.25, 0.3) is 0 Å². The normalized spacial score (nSPS) is 15.8. The van der Waals surface area contributed by atoms with Crippen molar-refractivity contribution in [3.8, 4) is 11.1 Å². The van der Waals surface area contributed by atoms with Crippen LogP contribution in [0.15, 0.2) is 108 Å². The zero-order valence-electron chi connectivity index (χ0n) is 34.3. The number of amides is 2. The number of hydrogen-bond acceptors (Lipinski definition) is 10. The number of nitrogens with zero attached hydrogens (tertiary/aromatic N) is 1. The van der Waals surface area contributed by atoms with Gasteiger partial charge in [0.05, 0.1) is 30.7 Å². The van der Waals surface area contributed by atoms with E-state index in [0.29, 0.717) is 44.5 Å². The maximum Gasteiger partial charge on any atom is 0.407 e. The number of ether oxygens (including phenoxy) is 4. The second kappa shape index (κ2) is 21.2. The topological polar surface area (TPSA) is 176 Å². The highest BCUT2D eigenvalue weighted by Gasteiger charge is 2.36. The lowest BCUT2D eigenvalue weighted by Gasteiger charge is -2.33. The Hall–Kier alpha value is -5.44. The number of carbonyl (C=O) groups is 3. The summed E-state index contributed by atoms with van der Waals surface area (Å²) < 4.78 is 52.4. The molecule has 2 amide bonds. The van der Waals surface area contributed by atoms with Crippen molar-refractivity contribution in [3.05, 3.63) is 120 Å². The number of anilines is 1. The Balaban J connectivity index is 1.07. The number of sulfonamides is 1. The summed E-state index contributed by atoms with van der Waals surface area (Å²) in [5.74, 6) is -0.667. The minimum atomic E-state index is -4.09. The van der Waals surface area contributed by atoms with Gasteiger partial charge < -0.3 is 35.3 Å². The first kappa shape index (κ1) is 44.1. The number of unbranched alkanes of at least 4 members (excludes halogenated alkanes) is 2. The highest BCUT2D eigenvalue weighted by Crippen LogP contribution is 2.44. The van der Waals surface area contributed by atoms with Gasteiger partial charge in [0.1, 0.15) is 18.8 Å². The van der Waals surface area contributed by atoms with E-state index < -0.39 is 46.4 Å². The third kappa shape index (κ3) is 12.1. The summed E-state index contributed by atoms with van der Waals surface area (Å²) in [6.45, 7) is 5.02.